The van der Waals surface area contributed by atoms with E-state index < -0.39 is 27.7 Å². The molecule has 7 heteroatoms. The molecule has 1 unspecified atom stereocenters. The van der Waals surface area contributed by atoms with Crippen molar-refractivity contribution in [2.75, 3.05) is 12.3 Å². The van der Waals surface area contributed by atoms with E-state index >= 15 is 0 Å². The Hall–Kier alpha value is -2.15. The van der Waals surface area contributed by atoms with Crippen LogP contribution in [0.2, 0.25) is 0 Å². The minimum Gasteiger partial charge on any atom is -0.341 e. The predicted octanol–water partition coefficient (Wildman–Crippen LogP) is -0.00180. The Kier molecular flexibility index (Phi) is 3.74. The number of hydrogen-bond donors (Lipinski definition) is 1. The van der Waals surface area contributed by atoms with E-state index in [4.69, 9.17) is 0 Å². The van der Waals surface area contributed by atoms with Crippen LogP contribution in [0.25, 0.3) is 0 Å². The second kappa shape index (κ2) is 5.57. The zero-order valence-electron chi connectivity index (χ0n) is 11.9. The van der Waals surface area contributed by atoms with Crippen LogP contribution in [-0.2, 0) is 32.4 Å². The van der Waals surface area contributed by atoms with Gasteiger partial charge in [-0.05, 0) is 23.6 Å². The smallest absolute Gasteiger partial charge is 0.312 e. The van der Waals surface area contributed by atoms with Gasteiger partial charge in [-0.15, -0.1) is 0 Å². The fraction of sp³-hybridized carbons (Fsp3) is 0.333. The summed E-state index contributed by atoms with van der Waals surface area (Å²) in [6.07, 6.45) is 2.11. The van der Waals surface area contributed by atoms with E-state index in [-0.39, 0.29) is 5.75 Å². The van der Waals surface area contributed by atoms with Crippen molar-refractivity contribution in [2.45, 2.75) is 19.0 Å². The van der Waals surface area contributed by atoms with Crippen molar-refractivity contribution >= 4 is 21.7 Å². The Balaban J connectivity index is 1.63. The van der Waals surface area contributed by atoms with Crippen LogP contribution < -0.4 is 5.32 Å². The lowest BCUT2D eigenvalue weighted by Gasteiger charge is -2.28. The number of fused-ring (bicyclic) bond motifs is 1. The molecule has 2 aliphatic rings. The molecule has 0 fully saturated rings. The van der Waals surface area contributed by atoms with E-state index in [1.54, 1.807) is 0 Å². The minimum atomic E-state index is -3.25. The van der Waals surface area contributed by atoms with Crippen LogP contribution in [-0.4, -0.2) is 43.5 Å². The topological polar surface area (TPSA) is 83.5 Å². The molecular weight excluding hydrogens is 304 g/mol. The van der Waals surface area contributed by atoms with E-state index in [0.717, 1.165) is 11.0 Å². The van der Waals surface area contributed by atoms with Gasteiger partial charge in [-0.2, -0.15) is 0 Å². The minimum absolute atomic E-state index is 0.186. The second-order valence-corrected chi connectivity index (χ2v) is 7.41. The van der Waals surface area contributed by atoms with Crippen LogP contribution in [0.1, 0.15) is 11.1 Å². The summed E-state index contributed by atoms with van der Waals surface area (Å²) in [4.78, 5) is 25.7. The van der Waals surface area contributed by atoms with Crippen LogP contribution in [0.3, 0.4) is 0 Å². The fourth-order valence-electron chi connectivity index (χ4n) is 2.71. The summed E-state index contributed by atoms with van der Waals surface area (Å²) in [6.45, 7) is 0.892. The predicted molar refractivity (Wildman–Crippen MR) is 80.4 cm³/mol. The van der Waals surface area contributed by atoms with Crippen molar-refractivity contribution in [1.82, 2.24) is 10.2 Å². The average molecular weight is 320 g/mol. The van der Waals surface area contributed by atoms with Crippen molar-refractivity contribution < 1.29 is 18.0 Å². The lowest BCUT2D eigenvalue weighted by atomic mass is 10.00. The van der Waals surface area contributed by atoms with E-state index in [1.807, 2.05) is 24.3 Å². The summed E-state index contributed by atoms with van der Waals surface area (Å²) in [7, 11) is -3.25. The molecule has 2 amide bonds. The van der Waals surface area contributed by atoms with Gasteiger partial charge in [0.2, 0.25) is 0 Å². The van der Waals surface area contributed by atoms with Gasteiger partial charge in [0.05, 0.1) is 11.8 Å². The SMILES string of the molecule is O=C(NC1C=CS(=O)(=O)C1)C(=O)N1CCc2ccccc2C1. The summed E-state index contributed by atoms with van der Waals surface area (Å²) in [5.74, 6) is -1.56. The first-order valence-corrected chi connectivity index (χ1v) is 8.74. The van der Waals surface area contributed by atoms with Gasteiger partial charge in [0.1, 0.15) is 0 Å². The highest BCUT2D eigenvalue weighted by molar-refractivity contribution is 7.94. The Bertz CT molecular complexity index is 755. The third kappa shape index (κ3) is 3.04. The van der Waals surface area contributed by atoms with Gasteiger partial charge in [0, 0.05) is 18.5 Å². The van der Waals surface area contributed by atoms with Gasteiger partial charge < -0.3 is 10.2 Å². The molecule has 1 N–H and O–H groups in total. The highest BCUT2D eigenvalue weighted by atomic mass is 32.2. The summed E-state index contributed by atoms with van der Waals surface area (Å²) in [6, 6.07) is 7.19. The van der Waals surface area contributed by atoms with E-state index in [9.17, 15) is 18.0 Å². The van der Waals surface area contributed by atoms with Crippen molar-refractivity contribution in [3.05, 3.63) is 46.9 Å². The Morgan fingerprint density at radius 3 is 2.59 bits per heavy atom. The second-order valence-electron chi connectivity index (χ2n) is 5.48. The van der Waals surface area contributed by atoms with Crippen LogP contribution >= 0.6 is 0 Å². The van der Waals surface area contributed by atoms with E-state index in [2.05, 4.69) is 5.32 Å². The molecule has 0 saturated carbocycles. The van der Waals surface area contributed by atoms with Crippen molar-refractivity contribution in [3.63, 3.8) is 0 Å². The molecule has 116 valence electrons. The number of nitrogens with zero attached hydrogens (tertiary/aromatic N) is 1. The molecule has 2 heterocycles. The molecule has 0 spiro atoms. The normalized spacial score (nSPS) is 22.2. The average Bonchev–Trinajstić information content (AvgIpc) is 2.84. The van der Waals surface area contributed by atoms with Crippen molar-refractivity contribution in [2.24, 2.45) is 0 Å². The van der Waals surface area contributed by atoms with Crippen LogP contribution in [0.5, 0.6) is 0 Å². The number of benzene rings is 1. The first kappa shape index (κ1) is 14.8. The molecule has 2 aliphatic heterocycles. The summed E-state index contributed by atoms with van der Waals surface area (Å²) >= 11 is 0. The molecule has 1 aromatic carbocycles. The number of nitrogens with one attached hydrogen (secondary N) is 1. The fourth-order valence-corrected chi connectivity index (χ4v) is 3.94. The lowest BCUT2D eigenvalue weighted by molar-refractivity contribution is -0.146. The Labute approximate surface area is 128 Å². The lowest BCUT2D eigenvalue weighted by Crippen LogP contribution is -2.48. The standard InChI is InChI=1S/C15H16N2O4S/c18-14(16-13-6-8-22(20,21)10-13)15(19)17-7-5-11-3-1-2-4-12(11)9-17/h1-4,6,8,13H,5,7,9-10H2,(H,16,18). The van der Waals surface area contributed by atoms with Gasteiger partial charge in [0.25, 0.3) is 0 Å². The van der Waals surface area contributed by atoms with Gasteiger partial charge in [-0.25, -0.2) is 8.42 Å². The van der Waals surface area contributed by atoms with E-state index in [0.29, 0.717) is 19.5 Å². The Morgan fingerprint density at radius 1 is 1.18 bits per heavy atom. The highest BCUT2D eigenvalue weighted by Gasteiger charge is 2.29. The van der Waals surface area contributed by atoms with Crippen LogP contribution in [0.4, 0.5) is 0 Å². The summed E-state index contributed by atoms with van der Waals surface area (Å²) < 4.78 is 22.6. The third-order valence-electron chi connectivity index (χ3n) is 3.86. The Morgan fingerprint density at radius 2 is 1.91 bits per heavy atom. The molecule has 0 aliphatic carbocycles. The zero-order chi connectivity index (χ0) is 15.7. The molecule has 1 atom stereocenters. The first-order chi connectivity index (χ1) is 10.4. The van der Waals surface area contributed by atoms with Gasteiger partial charge in [0.15, 0.2) is 9.84 Å². The maximum Gasteiger partial charge on any atom is 0.312 e. The van der Waals surface area contributed by atoms with Crippen molar-refractivity contribution in [1.29, 1.82) is 0 Å². The molecule has 0 radical (unpaired) electrons. The van der Waals surface area contributed by atoms with Crippen molar-refractivity contribution in [3.8, 4) is 0 Å². The molecule has 0 saturated heterocycles. The number of carbonyl (C=O) groups excluding carboxylic acids is 2. The molecular formula is C15H16N2O4S. The maximum absolute atomic E-state index is 12.2. The quantitative estimate of drug-likeness (QED) is 0.738. The number of sulfone groups is 1. The van der Waals surface area contributed by atoms with Gasteiger partial charge in [-0.1, -0.05) is 24.3 Å². The number of carbonyl (C=O) groups is 2. The van der Waals surface area contributed by atoms with Gasteiger partial charge >= 0.3 is 11.8 Å². The molecule has 3 rings (SSSR count). The van der Waals surface area contributed by atoms with E-state index in [1.165, 1.54) is 16.5 Å². The number of hydrogen-bond acceptors (Lipinski definition) is 4. The highest BCUT2D eigenvalue weighted by Crippen LogP contribution is 2.18. The van der Waals surface area contributed by atoms with Gasteiger partial charge in [-0.3, -0.25) is 9.59 Å². The summed E-state index contributed by atoms with van der Waals surface area (Å²) in [5, 5.41) is 3.53. The maximum atomic E-state index is 12.2. The molecule has 22 heavy (non-hydrogen) atoms. The van der Waals surface area contributed by atoms with Crippen LogP contribution in [0.15, 0.2) is 35.7 Å². The van der Waals surface area contributed by atoms with Crippen LogP contribution in [0, 0.1) is 0 Å². The summed E-state index contributed by atoms with van der Waals surface area (Å²) in [5.41, 5.74) is 2.23. The molecule has 0 bridgehead atoms. The zero-order valence-corrected chi connectivity index (χ0v) is 12.7. The monoisotopic (exact) mass is 320 g/mol. The third-order valence-corrected chi connectivity index (χ3v) is 5.25. The molecule has 1 aromatic rings. The number of amides is 2. The number of rotatable bonds is 1. The largest absolute Gasteiger partial charge is 0.341 e. The molecule has 6 nitrogen and oxygen atoms in total. The first-order valence-electron chi connectivity index (χ1n) is 7.02. The molecule has 0 aromatic heterocycles.